The molecule has 21 heavy (non-hydrogen) atoms. The van der Waals surface area contributed by atoms with E-state index in [0.717, 1.165) is 13.0 Å². The highest BCUT2D eigenvalue weighted by Gasteiger charge is 2.40. The third-order valence-corrected chi connectivity index (χ3v) is 4.21. The van der Waals surface area contributed by atoms with Crippen LogP contribution in [0.4, 0.5) is 11.4 Å². The number of carbonyl (C=O) groups is 1. The lowest BCUT2D eigenvalue weighted by molar-refractivity contribution is -0.384. The standard InChI is InChI=1S/C15H21N3O3/c1-4-15(7-8-15)10-16-12-6-5-11(14(19)17(2)3)9-13(12)18(20)21/h5-6,9,16H,4,7-8,10H2,1-3H3. The van der Waals surface area contributed by atoms with Crippen molar-refractivity contribution < 1.29 is 9.72 Å². The van der Waals surface area contributed by atoms with Crippen LogP contribution in [0.2, 0.25) is 0 Å². The molecule has 1 aromatic carbocycles. The molecule has 1 aromatic rings. The van der Waals surface area contributed by atoms with Crippen molar-refractivity contribution in [3.8, 4) is 0 Å². The number of rotatable bonds is 6. The zero-order valence-corrected chi connectivity index (χ0v) is 12.7. The number of hydrogen-bond acceptors (Lipinski definition) is 4. The largest absolute Gasteiger partial charge is 0.379 e. The lowest BCUT2D eigenvalue weighted by Gasteiger charge is -2.15. The monoisotopic (exact) mass is 291 g/mol. The minimum atomic E-state index is -0.444. The van der Waals surface area contributed by atoms with Crippen molar-refractivity contribution in [2.75, 3.05) is 26.0 Å². The smallest absolute Gasteiger partial charge is 0.293 e. The van der Waals surface area contributed by atoms with Gasteiger partial charge in [-0.2, -0.15) is 0 Å². The number of nitro groups is 1. The predicted octanol–water partition coefficient (Wildman–Crippen LogP) is 2.90. The van der Waals surface area contributed by atoms with Gasteiger partial charge in [0, 0.05) is 32.3 Å². The number of anilines is 1. The van der Waals surface area contributed by atoms with Crippen molar-refractivity contribution in [1.82, 2.24) is 4.90 Å². The maximum Gasteiger partial charge on any atom is 0.293 e. The van der Waals surface area contributed by atoms with Crippen molar-refractivity contribution in [2.45, 2.75) is 26.2 Å². The number of nitrogens with one attached hydrogen (secondary N) is 1. The second kappa shape index (κ2) is 5.71. The van der Waals surface area contributed by atoms with Gasteiger partial charge < -0.3 is 10.2 Å². The number of benzene rings is 1. The van der Waals surface area contributed by atoms with E-state index in [-0.39, 0.29) is 11.6 Å². The molecule has 0 aliphatic heterocycles. The Labute approximate surface area is 124 Å². The van der Waals surface area contributed by atoms with E-state index in [4.69, 9.17) is 0 Å². The van der Waals surface area contributed by atoms with Crippen LogP contribution < -0.4 is 5.32 Å². The van der Waals surface area contributed by atoms with Crippen molar-refractivity contribution in [3.05, 3.63) is 33.9 Å². The van der Waals surface area contributed by atoms with Gasteiger partial charge >= 0.3 is 0 Å². The molecule has 1 fully saturated rings. The van der Waals surface area contributed by atoms with E-state index < -0.39 is 4.92 Å². The third kappa shape index (κ3) is 3.32. The maximum absolute atomic E-state index is 11.9. The van der Waals surface area contributed by atoms with Gasteiger partial charge in [-0.25, -0.2) is 0 Å². The lowest BCUT2D eigenvalue weighted by atomic mass is 10.0. The highest BCUT2D eigenvalue weighted by molar-refractivity contribution is 5.95. The molecular formula is C15H21N3O3. The molecule has 0 aromatic heterocycles. The Hall–Kier alpha value is -2.11. The average Bonchev–Trinajstić information content (AvgIpc) is 3.24. The molecule has 0 atom stereocenters. The number of hydrogen-bond donors (Lipinski definition) is 1. The van der Waals surface area contributed by atoms with Crippen LogP contribution in [-0.2, 0) is 0 Å². The maximum atomic E-state index is 11.9. The van der Waals surface area contributed by atoms with E-state index in [1.54, 1.807) is 26.2 Å². The van der Waals surface area contributed by atoms with Crippen LogP contribution in [0.25, 0.3) is 0 Å². The predicted molar refractivity (Wildman–Crippen MR) is 81.6 cm³/mol. The number of nitro benzene ring substituents is 1. The normalized spacial score (nSPS) is 15.4. The third-order valence-electron chi connectivity index (χ3n) is 4.21. The molecule has 0 saturated heterocycles. The van der Waals surface area contributed by atoms with Gasteiger partial charge in [-0.15, -0.1) is 0 Å². The molecule has 0 radical (unpaired) electrons. The Kier molecular flexibility index (Phi) is 4.16. The first-order valence-electron chi connectivity index (χ1n) is 7.12. The van der Waals surface area contributed by atoms with E-state index in [9.17, 15) is 14.9 Å². The topological polar surface area (TPSA) is 75.5 Å². The number of amides is 1. The van der Waals surface area contributed by atoms with Crippen LogP contribution in [0.5, 0.6) is 0 Å². The van der Waals surface area contributed by atoms with Crippen molar-refractivity contribution in [1.29, 1.82) is 0 Å². The van der Waals surface area contributed by atoms with Gasteiger partial charge in [-0.1, -0.05) is 6.92 Å². The first-order chi connectivity index (χ1) is 9.88. The summed E-state index contributed by atoms with van der Waals surface area (Å²) in [5.41, 5.74) is 1.06. The van der Waals surface area contributed by atoms with Gasteiger partial charge in [0.25, 0.3) is 11.6 Å². The van der Waals surface area contributed by atoms with E-state index in [0.29, 0.717) is 16.7 Å². The molecule has 6 nitrogen and oxygen atoms in total. The van der Waals surface area contributed by atoms with Crippen molar-refractivity contribution in [2.24, 2.45) is 5.41 Å². The first-order valence-corrected chi connectivity index (χ1v) is 7.12. The van der Waals surface area contributed by atoms with Crippen LogP contribution in [0, 0.1) is 15.5 Å². The van der Waals surface area contributed by atoms with Crippen molar-refractivity contribution >= 4 is 17.3 Å². The van der Waals surface area contributed by atoms with E-state index >= 15 is 0 Å². The lowest BCUT2D eigenvalue weighted by Crippen LogP contribution is -2.22. The summed E-state index contributed by atoms with van der Waals surface area (Å²) in [6.45, 7) is 2.88. The SMILES string of the molecule is CCC1(CNc2ccc(C(=O)N(C)C)cc2[N+](=O)[O-])CC1. The highest BCUT2D eigenvalue weighted by atomic mass is 16.6. The summed E-state index contributed by atoms with van der Waals surface area (Å²) in [5, 5.41) is 14.4. The molecule has 0 heterocycles. The van der Waals surface area contributed by atoms with E-state index in [2.05, 4.69) is 12.2 Å². The fraction of sp³-hybridized carbons (Fsp3) is 0.533. The van der Waals surface area contributed by atoms with Gasteiger partial charge in [0.1, 0.15) is 5.69 Å². The summed E-state index contributed by atoms with van der Waals surface area (Å²) >= 11 is 0. The molecule has 114 valence electrons. The molecule has 0 unspecified atom stereocenters. The molecule has 2 rings (SSSR count). The second-order valence-corrected chi connectivity index (χ2v) is 5.90. The number of carbonyl (C=O) groups excluding carboxylic acids is 1. The summed E-state index contributed by atoms with van der Waals surface area (Å²) < 4.78 is 0. The minimum Gasteiger partial charge on any atom is -0.379 e. The Balaban J connectivity index is 2.21. The zero-order valence-electron chi connectivity index (χ0n) is 12.7. The molecule has 1 N–H and O–H groups in total. The fourth-order valence-corrected chi connectivity index (χ4v) is 2.34. The molecule has 1 saturated carbocycles. The summed E-state index contributed by atoms with van der Waals surface area (Å²) in [6, 6.07) is 4.60. The average molecular weight is 291 g/mol. The molecular weight excluding hydrogens is 270 g/mol. The molecule has 1 aliphatic carbocycles. The molecule has 1 aliphatic rings. The Bertz CT molecular complexity index is 565. The molecule has 0 bridgehead atoms. The zero-order chi connectivity index (χ0) is 15.6. The fourth-order valence-electron chi connectivity index (χ4n) is 2.34. The quantitative estimate of drug-likeness (QED) is 0.646. The summed E-state index contributed by atoms with van der Waals surface area (Å²) in [6.07, 6.45) is 3.41. The summed E-state index contributed by atoms with van der Waals surface area (Å²) in [5.74, 6) is -0.239. The van der Waals surface area contributed by atoms with Crippen molar-refractivity contribution in [3.63, 3.8) is 0 Å². The van der Waals surface area contributed by atoms with Gasteiger partial charge in [-0.3, -0.25) is 14.9 Å². The Morgan fingerprint density at radius 3 is 2.57 bits per heavy atom. The molecule has 0 spiro atoms. The highest BCUT2D eigenvalue weighted by Crippen LogP contribution is 2.48. The molecule has 6 heteroatoms. The van der Waals surface area contributed by atoms with Gasteiger partial charge in [-0.05, 0) is 36.8 Å². The second-order valence-electron chi connectivity index (χ2n) is 5.90. The number of nitrogens with zero attached hydrogens (tertiary/aromatic N) is 2. The van der Waals surface area contributed by atoms with Crippen LogP contribution in [0.15, 0.2) is 18.2 Å². The van der Waals surface area contributed by atoms with E-state index in [1.165, 1.54) is 23.8 Å². The van der Waals surface area contributed by atoms with Crippen LogP contribution in [0.3, 0.4) is 0 Å². The summed E-state index contributed by atoms with van der Waals surface area (Å²) in [7, 11) is 3.25. The van der Waals surface area contributed by atoms with Crippen LogP contribution >= 0.6 is 0 Å². The molecule has 1 amide bonds. The summed E-state index contributed by atoms with van der Waals surface area (Å²) in [4.78, 5) is 24.1. The van der Waals surface area contributed by atoms with Crippen LogP contribution in [-0.4, -0.2) is 36.4 Å². The Morgan fingerprint density at radius 1 is 1.43 bits per heavy atom. The van der Waals surface area contributed by atoms with Gasteiger partial charge in [0.2, 0.25) is 0 Å². The van der Waals surface area contributed by atoms with Crippen LogP contribution in [0.1, 0.15) is 36.5 Å². The minimum absolute atomic E-state index is 0.0467. The Morgan fingerprint density at radius 2 is 2.10 bits per heavy atom. The van der Waals surface area contributed by atoms with E-state index in [1.807, 2.05) is 0 Å². The first kappa shape index (κ1) is 15.3. The van der Waals surface area contributed by atoms with Gasteiger partial charge in [0.15, 0.2) is 0 Å². The van der Waals surface area contributed by atoms with Gasteiger partial charge in [0.05, 0.1) is 4.92 Å².